The third kappa shape index (κ3) is 3.73. The van der Waals surface area contributed by atoms with Crippen molar-refractivity contribution in [2.24, 2.45) is 5.41 Å². The monoisotopic (exact) mass is 471 g/mol. The lowest BCUT2D eigenvalue weighted by Gasteiger charge is -2.57. The Morgan fingerprint density at radius 3 is 2.66 bits per heavy atom. The number of benzene rings is 2. The first-order valence-electron chi connectivity index (χ1n) is 12.1. The lowest BCUT2D eigenvalue weighted by molar-refractivity contribution is -0.0196. The molecule has 4 aromatic rings. The van der Waals surface area contributed by atoms with Crippen molar-refractivity contribution in [2.75, 3.05) is 0 Å². The fourth-order valence-corrected chi connectivity index (χ4v) is 5.88. The van der Waals surface area contributed by atoms with Crippen molar-refractivity contribution >= 4 is 16.7 Å². The summed E-state index contributed by atoms with van der Waals surface area (Å²) in [6.07, 6.45) is 7.24. The van der Waals surface area contributed by atoms with E-state index in [2.05, 4.69) is 20.6 Å². The highest BCUT2D eigenvalue weighted by Gasteiger charge is 2.54. The molecule has 0 saturated heterocycles. The summed E-state index contributed by atoms with van der Waals surface area (Å²) in [6.45, 7) is 2.68. The number of H-pyrrole nitrogens is 1. The molecular weight excluding hydrogens is 445 g/mol. The van der Waals surface area contributed by atoms with Crippen LogP contribution >= 0.6 is 0 Å². The molecule has 7 nitrogen and oxygen atoms in total. The SMILES string of the molecule is CCn1cc(-c2ccc(C(=O)NC3CC4(C3)CC(c3n[nH]c(=O)c5ccccc35)C4)cc2F)cn1. The number of hydrogen-bond donors (Lipinski definition) is 2. The molecule has 2 saturated carbocycles. The Bertz CT molecular complexity index is 1490. The van der Waals surface area contributed by atoms with E-state index in [4.69, 9.17) is 0 Å². The molecule has 1 spiro atoms. The standard InChI is InChI=1S/C27H26FN5O2/c1-2-33-15-18(14-29-33)20-8-7-16(9-23(20)28)25(34)30-19-12-27(13-19)10-17(11-27)24-21-5-3-4-6-22(21)26(35)32-31-24/h3-9,14-15,17,19H,2,10-13H2,1H3,(H,30,34)(H,32,35). The van der Waals surface area contributed by atoms with E-state index in [0.29, 0.717) is 34.5 Å². The molecule has 0 atom stereocenters. The van der Waals surface area contributed by atoms with Gasteiger partial charge < -0.3 is 5.32 Å². The van der Waals surface area contributed by atoms with Crippen LogP contribution in [0.25, 0.3) is 21.9 Å². The van der Waals surface area contributed by atoms with Gasteiger partial charge in [-0.3, -0.25) is 14.3 Å². The molecule has 8 heteroatoms. The number of rotatable bonds is 5. The number of hydrogen-bond acceptors (Lipinski definition) is 4. The van der Waals surface area contributed by atoms with Gasteiger partial charge in [0.15, 0.2) is 0 Å². The van der Waals surface area contributed by atoms with E-state index < -0.39 is 5.82 Å². The number of nitrogens with zero attached hydrogens (tertiary/aromatic N) is 3. The van der Waals surface area contributed by atoms with Gasteiger partial charge in [0.2, 0.25) is 0 Å². The van der Waals surface area contributed by atoms with Crippen LogP contribution in [0.3, 0.4) is 0 Å². The van der Waals surface area contributed by atoms with Gasteiger partial charge in [-0.15, -0.1) is 0 Å². The van der Waals surface area contributed by atoms with E-state index in [1.807, 2.05) is 31.2 Å². The molecule has 2 aromatic heterocycles. The van der Waals surface area contributed by atoms with Crippen LogP contribution in [0.1, 0.15) is 54.6 Å². The van der Waals surface area contributed by atoms with Crippen LogP contribution in [0.4, 0.5) is 4.39 Å². The molecule has 0 aliphatic heterocycles. The molecule has 178 valence electrons. The molecule has 2 aliphatic carbocycles. The third-order valence-corrected chi connectivity index (χ3v) is 7.66. The third-order valence-electron chi connectivity index (χ3n) is 7.66. The van der Waals surface area contributed by atoms with Crippen LogP contribution in [-0.2, 0) is 6.54 Å². The summed E-state index contributed by atoms with van der Waals surface area (Å²) in [6, 6.07) is 12.3. The average Bonchev–Trinajstić information content (AvgIpc) is 3.29. The van der Waals surface area contributed by atoms with Crippen molar-refractivity contribution in [1.82, 2.24) is 25.3 Å². The molecule has 2 fully saturated rings. The number of fused-ring (bicyclic) bond motifs is 1. The summed E-state index contributed by atoms with van der Waals surface area (Å²) in [7, 11) is 0. The molecule has 0 bridgehead atoms. The van der Waals surface area contributed by atoms with Crippen molar-refractivity contribution in [3.63, 3.8) is 0 Å². The molecule has 35 heavy (non-hydrogen) atoms. The van der Waals surface area contributed by atoms with Crippen LogP contribution in [0.2, 0.25) is 0 Å². The summed E-state index contributed by atoms with van der Waals surface area (Å²) in [5.74, 6) is -0.364. The van der Waals surface area contributed by atoms with E-state index in [9.17, 15) is 14.0 Å². The van der Waals surface area contributed by atoms with Crippen molar-refractivity contribution in [1.29, 1.82) is 0 Å². The summed E-state index contributed by atoms with van der Waals surface area (Å²) in [4.78, 5) is 24.8. The minimum Gasteiger partial charge on any atom is -0.349 e. The fraction of sp³-hybridized carbons (Fsp3) is 0.333. The number of carbonyl (C=O) groups is 1. The van der Waals surface area contributed by atoms with E-state index in [-0.39, 0.29) is 22.9 Å². The van der Waals surface area contributed by atoms with Crippen molar-refractivity contribution < 1.29 is 9.18 Å². The Balaban J connectivity index is 1.07. The van der Waals surface area contributed by atoms with Gasteiger partial charge in [-0.1, -0.05) is 24.3 Å². The Morgan fingerprint density at radius 2 is 1.94 bits per heavy atom. The minimum absolute atomic E-state index is 0.0919. The van der Waals surface area contributed by atoms with Gasteiger partial charge in [0.25, 0.3) is 11.5 Å². The minimum atomic E-state index is -0.430. The molecule has 2 aromatic carbocycles. The number of aromatic nitrogens is 4. The highest BCUT2D eigenvalue weighted by atomic mass is 19.1. The van der Waals surface area contributed by atoms with Gasteiger partial charge in [0, 0.05) is 46.8 Å². The zero-order valence-corrected chi connectivity index (χ0v) is 19.4. The molecule has 2 heterocycles. The van der Waals surface area contributed by atoms with Gasteiger partial charge in [-0.25, -0.2) is 9.49 Å². The van der Waals surface area contributed by atoms with Crippen LogP contribution in [0.15, 0.2) is 59.7 Å². The summed E-state index contributed by atoms with van der Waals surface area (Å²) in [5.41, 5.74) is 2.47. The first kappa shape index (κ1) is 21.7. The first-order valence-corrected chi connectivity index (χ1v) is 12.1. The number of aryl methyl sites for hydroxylation is 1. The number of halogens is 1. The Morgan fingerprint density at radius 1 is 1.17 bits per heavy atom. The molecule has 6 rings (SSSR count). The summed E-state index contributed by atoms with van der Waals surface area (Å²) in [5, 5.41) is 15.8. The zero-order valence-electron chi connectivity index (χ0n) is 19.4. The van der Waals surface area contributed by atoms with E-state index >= 15 is 0 Å². The number of aromatic amines is 1. The molecule has 0 unspecified atom stereocenters. The zero-order chi connectivity index (χ0) is 24.2. The van der Waals surface area contributed by atoms with E-state index in [1.54, 1.807) is 29.2 Å². The topological polar surface area (TPSA) is 92.7 Å². The van der Waals surface area contributed by atoms with Crippen LogP contribution in [0, 0.1) is 11.2 Å². The van der Waals surface area contributed by atoms with Crippen LogP contribution in [-0.4, -0.2) is 31.9 Å². The molecule has 2 aliphatic rings. The molecule has 0 radical (unpaired) electrons. The Kier molecular flexibility index (Phi) is 5.05. The average molecular weight is 472 g/mol. The van der Waals surface area contributed by atoms with Gasteiger partial charge in [0.1, 0.15) is 5.82 Å². The predicted molar refractivity (Wildman–Crippen MR) is 131 cm³/mol. The van der Waals surface area contributed by atoms with E-state index in [0.717, 1.165) is 36.8 Å². The van der Waals surface area contributed by atoms with Crippen LogP contribution in [0.5, 0.6) is 0 Å². The maximum Gasteiger partial charge on any atom is 0.272 e. The smallest absolute Gasteiger partial charge is 0.272 e. The second-order valence-corrected chi connectivity index (χ2v) is 9.95. The maximum absolute atomic E-state index is 14.7. The number of carbonyl (C=O) groups excluding carboxylic acids is 1. The van der Waals surface area contributed by atoms with Gasteiger partial charge in [-0.2, -0.15) is 10.2 Å². The fourth-order valence-electron chi connectivity index (χ4n) is 5.88. The largest absolute Gasteiger partial charge is 0.349 e. The predicted octanol–water partition coefficient (Wildman–Crippen LogP) is 4.40. The lowest BCUT2D eigenvalue weighted by atomic mass is 9.49. The first-order chi connectivity index (χ1) is 16.9. The van der Waals surface area contributed by atoms with Crippen molar-refractivity contribution in [3.8, 4) is 11.1 Å². The summed E-state index contributed by atoms with van der Waals surface area (Å²) >= 11 is 0. The van der Waals surface area contributed by atoms with Crippen molar-refractivity contribution in [2.45, 2.75) is 51.1 Å². The Hall–Kier alpha value is -3.81. The highest BCUT2D eigenvalue weighted by molar-refractivity contribution is 5.95. The highest BCUT2D eigenvalue weighted by Crippen LogP contribution is 2.62. The summed E-state index contributed by atoms with van der Waals surface area (Å²) < 4.78 is 16.5. The van der Waals surface area contributed by atoms with Crippen LogP contribution < -0.4 is 10.9 Å². The number of amides is 1. The van der Waals surface area contributed by atoms with Gasteiger partial charge in [0.05, 0.1) is 17.3 Å². The number of nitrogens with one attached hydrogen (secondary N) is 2. The maximum atomic E-state index is 14.7. The molecule has 2 N–H and O–H groups in total. The lowest BCUT2D eigenvalue weighted by Crippen LogP contribution is -2.55. The van der Waals surface area contributed by atoms with Gasteiger partial charge >= 0.3 is 0 Å². The quantitative estimate of drug-likeness (QED) is 0.451. The molecular formula is C27H26FN5O2. The second-order valence-electron chi connectivity index (χ2n) is 9.95. The second kappa shape index (κ2) is 8.15. The van der Waals surface area contributed by atoms with Crippen molar-refractivity contribution in [3.05, 3.63) is 82.3 Å². The normalized spacial score (nSPS) is 23.1. The Labute approximate surface area is 201 Å². The molecule has 1 amide bonds. The van der Waals surface area contributed by atoms with Gasteiger partial charge in [-0.05, 0) is 56.2 Å². The van der Waals surface area contributed by atoms with E-state index in [1.165, 1.54) is 6.07 Å².